The first kappa shape index (κ1) is 13.0. The summed E-state index contributed by atoms with van der Waals surface area (Å²) in [5.41, 5.74) is 4.48. The molecular weight excluding hydrogens is 270 g/mol. The van der Waals surface area contributed by atoms with Gasteiger partial charge in [-0.15, -0.1) is 0 Å². The van der Waals surface area contributed by atoms with Crippen LogP contribution >= 0.6 is 0 Å². The topological polar surface area (TPSA) is 111 Å². The van der Waals surface area contributed by atoms with Gasteiger partial charge in [0.25, 0.3) is 0 Å². The third-order valence-corrected chi connectivity index (χ3v) is 2.91. The number of anilines is 3. The summed E-state index contributed by atoms with van der Waals surface area (Å²) in [4.78, 5) is 16.6. The number of hydrogen-bond donors (Lipinski definition) is 3. The monoisotopic (exact) mass is 283 g/mol. The number of nitrogens with zero attached hydrogens (tertiary/aromatic N) is 4. The van der Waals surface area contributed by atoms with Gasteiger partial charge >= 0.3 is 0 Å². The quantitative estimate of drug-likeness (QED) is 0.487. The van der Waals surface area contributed by atoms with Crippen LogP contribution in [0.2, 0.25) is 0 Å². The van der Waals surface area contributed by atoms with Crippen molar-refractivity contribution in [2.45, 2.75) is 0 Å². The molecule has 106 valence electrons. The van der Waals surface area contributed by atoms with E-state index < -0.39 is 0 Å². The van der Waals surface area contributed by atoms with Crippen LogP contribution in [0.4, 0.5) is 17.3 Å². The maximum Gasteiger partial charge on any atom is 0.170 e. The molecule has 0 radical (unpaired) electrons. The molecule has 0 unspecified atom stereocenters. The molecule has 0 spiro atoms. The fourth-order valence-electron chi connectivity index (χ4n) is 1.89. The number of nitrogens with two attached hydrogens (primary N) is 1. The second-order valence-electron chi connectivity index (χ2n) is 4.14. The second-order valence-corrected chi connectivity index (χ2v) is 4.14. The van der Waals surface area contributed by atoms with Gasteiger partial charge in [0.05, 0.1) is 7.11 Å². The van der Waals surface area contributed by atoms with Gasteiger partial charge in [-0.2, -0.15) is 0 Å². The Kier molecular flexibility index (Phi) is 3.44. The molecule has 0 amide bonds. The van der Waals surface area contributed by atoms with Crippen LogP contribution in [0.25, 0.3) is 11.0 Å². The average molecular weight is 283 g/mol. The van der Waals surface area contributed by atoms with Gasteiger partial charge in [-0.25, -0.2) is 25.8 Å². The van der Waals surface area contributed by atoms with Crippen molar-refractivity contribution in [1.29, 1.82) is 0 Å². The zero-order valence-electron chi connectivity index (χ0n) is 11.2. The van der Waals surface area contributed by atoms with E-state index in [0.717, 1.165) is 11.4 Å². The summed E-state index contributed by atoms with van der Waals surface area (Å²) in [6.07, 6.45) is 2.83. The Hall–Kier alpha value is -3.00. The van der Waals surface area contributed by atoms with E-state index in [1.54, 1.807) is 7.11 Å². The van der Waals surface area contributed by atoms with Gasteiger partial charge in [0.2, 0.25) is 0 Å². The maximum absolute atomic E-state index is 5.42. The summed E-state index contributed by atoms with van der Waals surface area (Å²) in [5, 5.41) is 3.18. The standard InChI is InChI=1S/C13H13N7O/c1-21-9-4-2-8(3-5-9)19-12-10-11(16-6-17-12)13(20-14)18-7-15-10/h2-7H,14H2,1H3,(H,15,18,20)(H,16,17,19). The smallest absolute Gasteiger partial charge is 0.170 e. The summed E-state index contributed by atoms with van der Waals surface area (Å²) >= 11 is 0. The molecule has 0 saturated heterocycles. The van der Waals surface area contributed by atoms with Gasteiger partial charge < -0.3 is 15.5 Å². The number of aromatic nitrogens is 4. The van der Waals surface area contributed by atoms with Crippen molar-refractivity contribution in [2.75, 3.05) is 17.9 Å². The van der Waals surface area contributed by atoms with Crippen molar-refractivity contribution in [3.05, 3.63) is 36.9 Å². The van der Waals surface area contributed by atoms with Crippen molar-refractivity contribution in [2.24, 2.45) is 5.84 Å². The van der Waals surface area contributed by atoms with Crippen LogP contribution < -0.4 is 21.3 Å². The van der Waals surface area contributed by atoms with Crippen LogP contribution in [0.15, 0.2) is 36.9 Å². The Morgan fingerprint density at radius 2 is 1.52 bits per heavy atom. The molecule has 0 bridgehead atoms. The molecule has 0 aliphatic heterocycles. The summed E-state index contributed by atoms with van der Waals surface area (Å²) in [5.74, 6) is 7.22. The van der Waals surface area contributed by atoms with E-state index >= 15 is 0 Å². The number of ether oxygens (including phenoxy) is 1. The molecule has 0 saturated carbocycles. The summed E-state index contributed by atoms with van der Waals surface area (Å²) in [6.45, 7) is 0. The Morgan fingerprint density at radius 3 is 2.14 bits per heavy atom. The van der Waals surface area contributed by atoms with E-state index in [4.69, 9.17) is 10.6 Å². The normalized spacial score (nSPS) is 10.4. The lowest BCUT2D eigenvalue weighted by Gasteiger charge is -2.09. The third-order valence-electron chi connectivity index (χ3n) is 2.91. The second kappa shape index (κ2) is 5.55. The highest BCUT2D eigenvalue weighted by Gasteiger charge is 2.09. The van der Waals surface area contributed by atoms with Gasteiger partial charge in [0.15, 0.2) is 11.6 Å². The van der Waals surface area contributed by atoms with Gasteiger partial charge in [-0.05, 0) is 24.3 Å². The molecule has 3 aromatic rings. The Labute approximate surface area is 120 Å². The van der Waals surface area contributed by atoms with Crippen LogP contribution in [0.3, 0.4) is 0 Å². The van der Waals surface area contributed by atoms with Crippen LogP contribution in [-0.2, 0) is 0 Å². The van der Waals surface area contributed by atoms with Crippen molar-refractivity contribution < 1.29 is 4.74 Å². The van der Waals surface area contributed by atoms with E-state index in [0.29, 0.717) is 22.7 Å². The van der Waals surface area contributed by atoms with Crippen molar-refractivity contribution in [3.8, 4) is 5.75 Å². The Morgan fingerprint density at radius 1 is 0.905 bits per heavy atom. The lowest BCUT2D eigenvalue weighted by molar-refractivity contribution is 0.415. The van der Waals surface area contributed by atoms with Crippen LogP contribution in [0.5, 0.6) is 5.75 Å². The number of hydrogen-bond acceptors (Lipinski definition) is 8. The molecule has 4 N–H and O–H groups in total. The Bertz CT molecular complexity index is 760. The molecule has 8 nitrogen and oxygen atoms in total. The highest BCUT2D eigenvalue weighted by atomic mass is 16.5. The molecule has 2 aromatic heterocycles. The third kappa shape index (κ3) is 2.51. The van der Waals surface area contributed by atoms with E-state index in [1.807, 2.05) is 24.3 Å². The van der Waals surface area contributed by atoms with Crippen LogP contribution in [0, 0.1) is 0 Å². The summed E-state index contributed by atoms with van der Waals surface area (Å²) in [7, 11) is 1.62. The lowest BCUT2D eigenvalue weighted by Crippen LogP contribution is -2.10. The lowest BCUT2D eigenvalue weighted by atomic mass is 10.3. The minimum Gasteiger partial charge on any atom is -0.497 e. The first-order valence-corrected chi connectivity index (χ1v) is 6.15. The van der Waals surface area contributed by atoms with Crippen molar-refractivity contribution in [1.82, 2.24) is 19.9 Å². The first-order chi connectivity index (χ1) is 10.3. The molecule has 1 aromatic carbocycles. The summed E-state index contributed by atoms with van der Waals surface area (Å²) < 4.78 is 5.12. The Balaban J connectivity index is 2.00. The SMILES string of the molecule is COc1ccc(Nc2ncnc3c(NN)ncnc23)cc1. The van der Waals surface area contributed by atoms with E-state index in [1.165, 1.54) is 12.7 Å². The molecule has 0 fully saturated rings. The zero-order valence-corrected chi connectivity index (χ0v) is 11.2. The number of benzene rings is 1. The molecular formula is C13H13N7O. The van der Waals surface area contributed by atoms with E-state index in [2.05, 4.69) is 30.7 Å². The van der Waals surface area contributed by atoms with Gasteiger partial charge in [0, 0.05) is 5.69 Å². The van der Waals surface area contributed by atoms with Gasteiger partial charge in [0.1, 0.15) is 29.4 Å². The fourth-order valence-corrected chi connectivity index (χ4v) is 1.89. The van der Waals surface area contributed by atoms with E-state index in [-0.39, 0.29) is 0 Å². The largest absolute Gasteiger partial charge is 0.497 e. The summed E-state index contributed by atoms with van der Waals surface area (Å²) in [6, 6.07) is 7.48. The molecule has 8 heteroatoms. The molecule has 0 atom stereocenters. The van der Waals surface area contributed by atoms with Gasteiger partial charge in [-0.3, -0.25) is 0 Å². The molecule has 21 heavy (non-hydrogen) atoms. The predicted molar refractivity (Wildman–Crippen MR) is 79.2 cm³/mol. The average Bonchev–Trinajstić information content (AvgIpc) is 2.55. The fraction of sp³-hybridized carbons (Fsp3) is 0.0769. The first-order valence-electron chi connectivity index (χ1n) is 6.15. The number of nitrogen functional groups attached to an aromatic ring is 1. The van der Waals surface area contributed by atoms with Crippen LogP contribution in [-0.4, -0.2) is 27.0 Å². The van der Waals surface area contributed by atoms with Gasteiger partial charge in [-0.1, -0.05) is 0 Å². The molecule has 2 heterocycles. The van der Waals surface area contributed by atoms with E-state index in [9.17, 15) is 0 Å². The van der Waals surface area contributed by atoms with Crippen LogP contribution in [0.1, 0.15) is 0 Å². The molecule has 3 rings (SSSR count). The number of rotatable bonds is 4. The number of nitrogens with one attached hydrogen (secondary N) is 2. The zero-order chi connectivity index (χ0) is 14.7. The highest BCUT2D eigenvalue weighted by molar-refractivity contribution is 5.92. The maximum atomic E-state index is 5.42. The minimum absolute atomic E-state index is 0.445. The minimum atomic E-state index is 0.445. The predicted octanol–water partition coefficient (Wildman–Crippen LogP) is 1.46. The van der Waals surface area contributed by atoms with Crippen molar-refractivity contribution >= 4 is 28.4 Å². The number of fused-ring (bicyclic) bond motifs is 1. The highest BCUT2D eigenvalue weighted by Crippen LogP contribution is 2.24. The molecule has 0 aliphatic rings. The number of hydrazine groups is 1. The van der Waals surface area contributed by atoms with Crippen molar-refractivity contribution in [3.63, 3.8) is 0 Å². The number of methoxy groups -OCH3 is 1. The molecule has 0 aliphatic carbocycles.